The lowest BCUT2D eigenvalue weighted by molar-refractivity contribution is 0.103. The molecular formula is C8H11NO3. The molecular weight excluding hydrogens is 158 g/mol. The van der Waals surface area contributed by atoms with Crippen molar-refractivity contribution in [1.29, 1.82) is 0 Å². The summed E-state index contributed by atoms with van der Waals surface area (Å²) in [7, 11) is 0. The quantitative estimate of drug-likeness (QED) is 0.443. The molecule has 0 radical (unpaired) electrons. The zero-order valence-corrected chi connectivity index (χ0v) is 6.73. The highest BCUT2D eigenvalue weighted by Gasteiger charge is 2.55. The number of amides is 1. The second-order valence-corrected chi connectivity index (χ2v) is 2.95. The van der Waals surface area contributed by atoms with E-state index in [2.05, 4.69) is 6.58 Å². The molecule has 2 aliphatic heterocycles. The molecule has 2 rings (SSSR count). The summed E-state index contributed by atoms with van der Waals surface area (Å²) in [5.74, 6) is 0. The number of carbonyl (C=O) groups is 1. The van der Waals surface area contributed by atoms with Crippen molar-refractivity contribution < 1.29 is 14.3 Å². The Kier molecular flexibility index (Phi) is 1.77. The van der Waals surface area contributed by atoms with E-state index < -0.39 is 0 Å². The fraction of sp³-hybridized carbons (Fsp3) is 0.625. The molecule has 0 bridgehead atoms. The fourth-order valence-electron chi connectivity index (χ4n) is 1.50. The molecule has 0 saturated carbocycles. The van der Waals surface area contributed by atoms with Gasteiger partial charge >= 0.3 is 6.09 Å². The molecule has 4 nitrogen and oxygen atoms in total. The molecule has 0 aromatic rings. The molecule has 2 fully saturated rings. The van der Waals surface area contributed by atoms with Crippen LogP contribution in [0.4, 0.5) is 4.79 Å². The van der Waals surface area contributed by atoms with Crippen LogP contribution in [-0.2, 0) is 9.47 Å². The summed E-state index contributed by atoms with van der Waals surface area (Å²) in [6, 6.07) is 0.560. The van der Waals surface area contributed by atoms with Crippen LogP contribution in [0.3, 0.4) is 0 Å². The van der Waals surface area contributed by atoms with Crippen molar-refractivity contribution in [2.45, 2.75) is 12.1 Å². The van der Waals surface area contributed by atoms with Gasteiger partial charge in [-0.2, -0.15) is 0 Å². The van der Waals surface area contributed by atoms with Gasteiger partial charge < -0.3 is 9.47 Å². The van der Waals surface area contributed by atoms with E-state index in [0.29, 0.717) is 13.2 Å². The van der Waals surface area contributed by atoms with E-state index in [1.54, 1.807) is 11.0 Å². The van der Waals surface area contributed by atoms with Gasteiger partial charge in [-0.05, 0) is 0 Å². The fourth-order valence-corrected chi connectivity index (χ4v) is 1.50. The number of hydrogen-bond donors (Lipinski definition) is 0. The Bertz CT molecular complexity index is 206. The Hall–Kier alpha value is -1.03. The molecule has 2 unspecified atom stereocenters. The molecule has 4 heteroatoms. The summed E-state index contributed by atoms with van der Waals surface area (Å²) in [4.78, 5) is 12.9. The molecule has 0 aromatic heterocycles. The van der Waals surface area contributed by atoms with Crippen LogP contribution < -0.4 is 0 Å². The Balaban J connectivity index is 1.80. The van der Waals surface area contributed by atoms with Gasteiger partial charge in [-0.25, -0.2) is 4.79 Å². The van der Waals surface area contributed by atoms with Crippen molar-refractivity contribution >= 4 is 6.09 Å². The van der Waals surface area contributed by atoms with Crippen molar-refractivity contribution in [1.82, 2.24) is 4.90 Å². The third-order valence-electron chi connectivity index (χ3n) is 2.18. The Morgan fingerprint density at radius 1 is 1.67 bits per heavy atom. The van der Waals surface area contributed by atoms with Gasteiger partial charge in [0.15, 0.2) is 0 Å². The molecule has 0 N–H and O–H groups in total. The van der Waals surface area contributed by atoms with Crippen LogP contribution >= 0.6 is 0 Å². The molecule has 12 heavy (non-hydrogen) atoms. The molecule has 2 heterocycles. The standard InChI is InChI=1S/C8H11NO3/c1-2-3-12-8(10)9-6-4-11-5-7(6)9/h2,6-7H,1,3-5H2. The highest BCUT2D eigenvalue weighted by atomic mass is 16.6. The lowest BCUT2D eigenvalue weighted by atomic mass is 10.4. The van der Waals surface area contributed by atoms with Gasteiger partial charge in [0.2, 0.25) is 0 Å². The maximum atomic E-state index is 11.2. The van der Waals surface area contributed by atoms with Crippen LogP contribution in [0.5, 0.6) is 0 Å². The first kappa shape index (κ1) is 7.61. The van der Waals surface area contributed by atoms with Gasteiger partial charge in [-0.15, -0.1) is 0 Å². The normalized spacial score (nSPS) is 31.2. The second kappa shape index (κ2) is 2.79. The van der Waals surface area contributed by atoms with Crippen molar-refractivity contribution in [2.24, 2.45) is 0 Å². The molecule has 2 saturated heterocycles. The van der Waals surface area contributed by atoms with E-state index in [4.69, 9.17) is 9.47 Å². The summed E-state index contributed by atoms with van der Waals surface area (Å²) < 4.78 is 9.99. The van der Waals surface area contributed by atoms with Crippen LogP contribution in [0.25, 0.3) is 0 Å². The summed E-state index contributed by atoms with van der Waals surface area (Å²) in [6.45, 7) is 5.07. The monoisotopic (exact) mass is 169 g/mol. The number of rotatable bonds is 2. The van der Waals surface area contributed by atoms with Crippen LogP contribution in [0.15, 0.2) is 12.7 Å². The number of carbonyl (C=O) groups excluding carboxylic acids is 1. The number of fused-ring (bicyclic) bond motifs is 1. The van der Waals surface area contributed by atoms with Crippen LogP contribution in [0, 0.1) is 0 Å². The van der Waals surface area contributed by atoms with Gasteiger partial charge in [0.1, 0.15) is 6.61 Å². The van der Waals surface area contributed by atoms with Gasteiger partial charge in [-0.3, -0.25) is 4.90 Å². The number of morpholine rings is 1. The maximum absolute atomic E-state index is 11.2. The first-order valence-corrected chi connectivity index (χ1v) is 3.98. The lowest BCUT2D eigenvalue weighted by Gasteiger charge is -2.07. The summed E-state index contributed by atoms with van der Waals surface area (Å²) in [5, 5.41) is 0. The number of nitrogens with zero attached hydrogens (tertiary/aromatic N) is 1. The first-order chi connectivity index (χ1) is 5.84. The van der Waals surface area contributed by atoms with Crippen LogP contribution in [0.2, 0.25) is 0 Å². The van der Waals surface area contributed by atoms with Crippen molar-refractivity contribution in [3.05, 3.63) is 12.7 Å². The predicted octanol–water partition coefficient (Wildman–Crippen LogP) is 0.392. The molecule has 0 aromatic carbocycles. The minimum atomic E-state index is -0.242. The lowest BCUT2D eigenvalue weighted by Crippen LogP contribution is -2.21. The third-order valence-corrected chi connectivity index (χ3v) is 2.18. The van der Waals surface area contributed by atoms with Crippen molar-refractivity contribution in [2.75, 3.05) is 19.8 Å². The first-order valence-electron chi connectivity index (χ1n) is 3.98. The molecule has 2 aliphatic rings. The van der Waals surface area contributed by atoms with Crippen LogP contribution in [-0.4, -0.2) is 42.9 Å². The van der Waals surface area contributed by atoms with Crippen LogP contribution in [0.1, 0.15) is 0 Å². The van der Waals surface area contributed by atoms with E-state index in [9.17, 15) is 4.79 Å². The summed E-state index contributed by atoms with van der Waals surface area (Å²) >= 11 is 0. The summed E-state index contributed by atoms with van der Waals surface area (Å²) in [6.07, 6.45) is 1.32. The second-order valence-electron chi connectivity index (χ2n) is 2.95. The minimum Gasteiger partial charge on any atom is -0.445 e. The highest BCUT2D eigenvalue weighted by molar-refractivity contribution is 5.72. The zero-order chi connectivity index (χ0) is 8.55. The van der Waals surface area contributed by atoms with Crippen molar-refractivity contribution in [3.63, 3.8) is 0 Å². The van der Waals surface area contributed by atoms with E-state index >= 15 is 0 Å². The molecule has 2 atom stereocenters. The third kappa shape index (κ3) is 1.08. The Morgan fingerprint density at radius 3 is 2.92 bits per heavy atom. The number of hydrogen-bond acceptors (Lipinski definition) is 3. The average molecular weight is 169 g/mol. The summed E-state index contributed by atoms with van der Waals surface area (Å²) in [5.41, 5.74) is 0. The van der Waals surface area contributed by atoms with E-state index in [-0.39, 0.29) is 24.8 Å². The zero-order valence-electron chi connectivity index (χ0n) is 6.73. The topological polar surface area (TPSA) is 38.5 Å². The van der Waals surface area contributed by atoms with Gasteiger partial charge in [0, 0.05) is 0 Å². The smallest absolute Gasteiger partial charge is 0.410 e. The van der Waals surface area contributed by atoms with E-state index in [0.717, 1.165) is 0 Å². The van der Waals surface area contributed by atoms with E-state index in [1.807, 2.05) is 0 Å². The maximum Gasteiger partial charge on any atom is 0.410 e. The Labute approximate surface area is 70.7 Å². The average Bonchev–Trinajstić information content (AvgIpc) is 2.56. The molecule has 1 amide bonds. The highest BCUT2D eigenvalue weighted by Crippen LogP contribution is 2.34. The predicted molar refractivity (Wildman–Crippen MR) is 41.8 cm³/mol. The molecule has 66 valence electrons. The number of ether oxygens (including phenoxy) is 2. The molecule has 0 spiro atoms. The van der Waals surface area contributed by atoms with Crippen molar-refractivity contribution in [3.8, 4) is 0 Å². The minimum absolute atomic E-state index is 0.242. The van der Waals surface area contributed by atoms with Gasteiger partial charge in [0.05, 0.1) is 25.3 Å². The molecule has 0 aliphatic carbocycles. The SMILES string of the molecule is C=CCOC(=O)N1C2COCC21. The van der Waals surface area contributed by atoms with E-state index in [1.165, 1.54) is 0 Å². The van der Waals surface area contributed by atoms with Gasteiger partial charge in [0.25, 0.3) is 0 Å². The Morgan fingerprint density at radius 2 is 2.33 bits per heavy atom. The van der Waals surface area contributed by atoms with Gasteiger partial charge in [-0.1, -0.05) is 12.7 Å². The largest absolute Gasteiger partial charge is 0.445 e.